The molecule has 0 bridgehead atoms. The summed E-state index contributed by atoms with van der Waals surface area (Å²) in [5.41, 5.74) is 0. The quantitative estimate of drug-likeness (QED) is 0.313. The van der Waals surface area contributed by atoms with Crippen LogP contribution in [-0.2, 0) is 0 Å². The topological polar surface area (TPSA) is 190 Å². The van der Waals surface area contributed by atoms with E-state index in [0.29, 0.717) is 0 Å². The molecule has 0 amide bonds. The molecule has 9 nitrogen and oxygen atoms in total. The third-order valence-electron chi connectivity index (χ3n) is 0. The summed E-state index contributed by atoms with van der Waals surface area (Å²) in [6.07, 6.45) is -7.00. The summed E-state index contributed by atoms with van der Waals surface area (Å²) in [6, 6.07) is 0. The van der Waals surface area contributed by atoms with Gasteiger partial charge in [0.2, 0.25) is 0 Å². The van der Waals surface area contributed by atoms with E-state index in [1.807, 2.05) is 0 Å². The molecule has 84 valence electrons. The SMILES string of the molecule is O=C([O-])[O-].O=C([O-])[O-].O=C([O-])[O-].[Tb+3].[Tb+3]. The Bertz CT molecular complexity index is 116. The van der Waals surface area contributed by atoms with Crippen molar-refractivity contribution in [3.63, 3.8) is 0 Å². The van der Waals surface area contributed by atoms with Gasteiger partial charge in [0.1, 0.15) is 0 Å². The molecule has 0 saturated heterocycles. The first-order valence-electron chi connectivity index (χ1n) is 1.84. The number of carbonyl (C=O) groups is 3. The average molecular weight is 498 g/mol. The zero-order valence-corrected chi connectivity index (χ0v) is 10.1. The Morgan fingerprint density at radius 2 is 0.500 bits per heavy atom. The third-order valence-corrected chi connectivity index (χ3v) is 0. The van der Waals surface area contributed by atoms with Crippen molar-refractivity contribution < 1.29 is 122 Å². The van der Waals surface area contributed by atoms with Gasteiger partial charge in [0.05, 0.1) is 0 Å². The average Bonchev–Trinajstić information content (AvgIpc) is 1.54. The molecule has 0 fully saturated rings. The maximum Gasteiger partial charge on any atom is 3.00 e. The van der Waals surface area contributed by atoms with Crippen molar-refractivity contribution in [1.29, 1.82) is 0 Å². The van der Waals surface area contributed by atoms with Gasteiger partial charge in [0.25, 0.3) is 0 Å². The Labute approximate surface area is 139 Å². The number of rotatable bonds is 0. The molecule has 0 aromatic rings. The molecule has 14 heavy (non-hydrogen) atoms. The van der Waals surface area contributed by atoms with Crippen molar-refractivity contribution in [3.05, 3.63) is 0 Å². The fourth-order valence-corrected chi connectivity index (χ4v) is 0. The van der Waals surface area contributed by atoms with E-state index in [-0.39, 0.29) is 77.2 Å². The molecule has 0 unspecified atom stereocenters. The smallest absolute Gasteiger partial charge is 0.652 e. The van der Waals surface area contributed by atoms with Gasteiger partial charge in [-0.05, 0) is 18.5 Å². The summed E-state index contributed by atoms with van der Waals surface area (Å²) in [7, 11) is 0. The fraction of sp³-hybridized carbons (Fsp3) is 0. The largest absolute Gasteiger partial charge is 3.00 e. The van der Waals surface area contributed by atoms with Crippen molar-refractivity contribution in [2.75, 3.05) is 0 Å². The molecule has 0 aliphatic carbocycles. The molecule has 0 aliphatic rings. The summed E-state index contributed by atoms with van der Waals surface area (Å²) in [6.45, 7) is 0. The molecule has 0 aliphatic heterocycles. The van der Waals surface area contributed by atoms with Gasteiger partial charge in [-0.2, -0.15) is 0 Å². The van der Waals surface area contributed by atoms with Crippen LogP contribution in [0.2, 0.25) is 0 Å². The first-order chi connectivity index (χ1) is 5.20. The maximum atomic E-state index is 8.33. The van der Waals surface area contributed by atoms with E-state index in [9.17, 15) is 0 Å². The Morgan fingerprint density at radius 3 is 0.500 bits per heavy atom. The molecular formula is C3O9Tb2. The van der Waals surface area contributed by atoms with Crippen LogP contribution in [0.3, 0.4) is 0 Å². The zero-order chi connectivity index (χ0) is 10.7. The van der Waals surface area contributed by atoms with E-state index in [4.69, 9.17) is 45.0 Å². The first-order valence-corrected chi connectivity index (χ1v) is 1.84. The summed E-state index contributed by atoms with van der Waals surface area (Å²) < 4.78 is 0. The van der Waals surface area contributed by atoms with Crippen LogP contribution in [0, 0.1) is 77.2 Å². The monoisotopic (exact) mass is 498 g/mol. The van der Waals surface area contributed by atoms with E-state index >= 15 is 0 Å². The molecule has 0 aromatic carbocycles. The maximum absolute atomic E-state index is 8.33. The van der Waals surface area contributed by atoms with Crippen molar-refractivity contribution in [2.45, 2.75) is 0 Å². The molecule has 0 aromatic heterocycles. The predicted octanol–water partition coefficient (Wildman–Crippen LogP) is -7.34. The van der Waals surface area contributed by atoms with Crippen LogP contribution in [0.15, 0.2) is 0 Å². The van der Waals surface area contributed by atoms with Crippen LogP contribution < -0.4 is 30.6 Å². The molecule has 0 spiro atoms. The van der Waals surface area contributed by atoms with E-state index in [0.717, 1.165) is 0 Å². The van der Waals surface area contributed by atoms with Crippen molar-refractivity contribution in [1.82, 2.24) is 0 Å². The standard InChI is InChI=1S/3CH2O3.2Tb/c3*2-1(3)4;;/h3*(H2,2,3,4);;/q;;;2*+3/p-6. The minimum Gasteiger partial charge on any atom is -0.652 e. The summed E-state index contributed by atoms with van der Waals surface area (Å²) in [5, 5.41) is 50.0. The van der Waals surface area contributed by atoms with Gasteiger partial charge in [-0.3, -0.25) is 0 Å². The Balaban J connectivity index is -0.0000000270. The summed E-state index contributed by atoms with van der Waals surface area (Å²) in [4.78, 5) is 25.0. The number of carboxylic acid groups (broad SMARTS) is 6. The molecule has 0 heterocycles. The van der Waals surface area contributed by atoms with Crippen molar-refractivity contribution in [2.24, 2.45) is 0 Å². The summed E-state index contributed by atoms with van der Waals surface area (Å²) in [5.74, 6) is 0. The second kappa shape index (κ2) is 23.3. The minimum absolute atomic E-state index is 0. The molecule has 0 saturated carbocycles. The zero-order valence-electron chi connectivity index (χ0n) is 5.84. The Hall–Kier alpha value is 0.381. The van der Waals surface area contributed by atoms with Crippen molar-refractivity contribution >= 4 is 18.5 Å². The third kappa shape index (κ3) is 11000. The second-order valence-electron chi connectivity index (χ2n) is 0.750. The van der Waals surface area contributed by atoms with Crippen LogP contribution in [0.25, 0.3) is 0 Å². The van der Waals surface area contributed by atoms with Gasteiger partial charge in [-0.1, -0.05) is 0 Å². The van der Waals surface area contributed by atoms with Gasteiger partial charge in [-0.15, -0.1) is 0 Å². The van der Waals surface area contributed by atoms with Gasteiger partial charge in [-0.25, -0.2) is 0 Å². The fourth-order valence-electron chi connectivity index (χ4n) is 0. The number of hydrogen-bond donors (Lipinski definition) is 0. The van der Waals surface area contributed by atoms with Gasteiger partial charge in [0, 0.05) is 0 Å². The van der Waals surface area contributed by atoms with E-state index in [2.05, 4.69) is 0 Å². The summed E-state index contributed by atoms with van der Waals surface area (Å²) >= 11 is 0. The van der Waals surface area contributed by atoms with E-state index in [1.165, 1.54) is 0 Å². The van der Waals surface area contributed by atoms with Gasteiger partial charge >= 0.3 is 77.2 Å². The predicted molar refractivity (Wildman–Crippen MR) is 16.2 cm³/mol. The normalized spacial score (nSPS) is 5.14. The number of hydrogen-bond acceptors (Lipinski definition) is 9. The molecule has 0 rings (SSSR count). The van der Waals surface area contributed by atoms with E-state index in [1.54, 1.807) is 0 Å². The minimum atomic E-state index is -2.33. The van der Waals surface area contributed by atoms with Gasteiger partial charge < -0.3 is 45.0 Å². The Kier molecular flexibility index (Phi) is 48.7. The molecule has 0 N–H and O–H groups in total. The van der Waals surface area contributed by atoms with Crippen LogP contribution >= 0.6 is 0 Å². The van der Waals surface area contributed by atoms with Crippen molar-refractivity contribution in [3.8, 4) is 0 Å². The molecule has 0 atom stereocenters. The van der Waals surface area contributed by atoms with Gasteiger partial charge in [0.15, 0.2) is 0 Å². The molecule has 11 heteroatoms. The molecular weight excluding hydrogens is 498 g/mol. The van der Waals surface area contributed by atoms with Crippen LogP contribution in [0.1, 0.15) is 0 Å². The number of carbonyl (C=O) groups excluding carboxylic acids is 3. The molecule has 0 radical (unpaired) electrons. The van der Waals surface area contributed by atoms with Crippen LogP contribution in [0.5, 0.6) is 0 Å². The van der Waals surface area contributed by atoms with Crippen LogP contribution in [-0.4, -0.2) is 18.5 Å². The van der Waals surface area contributed by atoms with E-state index < -0.39 is 18.5 Å². The Morgan fingerprint density at radius 1 is 0.500 bits per heavy atom. The van der Waals surface area contributed by atoms with Crippen LogP contribution in [0.4, 0.5) is 14.4 Å². The first kappa shape index (κ1) is 29.3. The second-order valence-corrected chi connectivity index (χ2v) is 0.750.